The molecular formula is C42H43N11O2S3. The molecule has 9 rings (SSSR count). The molecule has 58 heavy (non-hydrogen) atoms. The summed E-state index contributed by atoms with van der Waals surface area (Å²) in [5.41, 5.74) is 14.4. The molecule has 4 aromatic carbocycles. The van der Waals surface area contributed by atoms with Crippen LogP contribution >= 0.6 is 11.8 Å². The van der Waals surface area contributed by atoms with Gasteiger partial charge in [0, 0.05) is 72.5 Å². The van der Waals surface area contributed by atoms with E-state index in [-0.39, 0.29) is 5.84 Å². The zero-order chi connectivity index (χ0) is 39.8. The highest BCUT2D eigenvalue weighted by Crippen LogP contribution is 2.47. The molecule has 0 spiro atoms. The second-order valence-corrected chi connectivity index (χ2v) is 16.4. The van der Waals surface area contributed by atoms with Gasteiger partial charge in [0.05, 0.1) is 11.4 Å². The first kappa shape index (κ1) is 39.0. The largest absolute Gasteiger partial charge is 0.380 e. The second-order valence-electron chi connectivity index (χ2n) is 13.7. The molecule has 2 unspecified atom stereocenters. The quantitative estimate of drug-likeness (QED) is 0.141. The van der Waals surface area contributed by atoms with Crippen LogP contribution in [0.1, 0.15) is 24.0 Å². The molecule has 0 radical (unpaired) electrons. The lowest BCUT2D eigenvalue weighted by Crippen LogP contribution is -2.40. The number of hydrogen-bond acceptors (Lipinski definition) is 10. The van der Waals surface area contributed by atoms with Gasteiger partial charge in [-0.15, -0.1) is 17.6 Å². The Hall–Kier alpha value is -5.84. The fourth-order valence-electron chi connectivity index (χ4n) is 7.19. The van der Waals surface area contributed by atoms with E-state index in [1.807, 2.05) is 35.8 Å². The highest BCUT2D eigenvalue weighted by Gasteiger charge is 2.25. The van der Waals surface area contributed by atoms with Crippen LogP contribution in [-0.2, 0) is 35.2 Å². The number of aryl methyl sites for hydroxylation is 2. The van der Waals surface area contributed by atoms with E-state index in [1.165, 1.54) is 43.7 Å². The SMILES string of the molecule is CN(C1=NS(=O)N=C1NCCCN1c2ccccc2Sc2ccccc21)c1ccncc1.NC1=NS(=O)N=C1NCCCN1c2ccccc2CCc2ccccc21. The molecule has 4 aliphatic heterocycles. The fourth-order valence-corrected chi connectivity index (χ4v) is 9.60. The van der Waals surface area contributed by atoms with Crippen molar-refractivity contribution in [3.05, 3.63) is 133 Å². The third-order valence-corrected chi connectivity index (χ3v) is 12.5. The number of nitrogens with zero attached hydrogens (tertiary/aromatic N) is 8. The standard InChI is InChI=1S/C23H22N6OS2.C19H21N5OS/c1-28(17-11-14-24-15-12-17)23-22(26-32(30)27-23)25-13-6-16-29-18-7-2-4-9-20(18)31-21-10-5-3-8-19(21)29;20-18-19(23-26(25)22-18)21-12-5-13-24-16-8-3-1-6-14(16)10-11-15-7-2-4-9-17(15)24/h2-5,7-12,14-15H,6,13,16H2,1H3,(H,25,26);1-4,6-9H,5,10-13H2,(H2,20,22)(H,21,23). The summed E-state index contributed by atoms with van der Waals surface area (Å²) in [7, 11) is 1.88. The monoisotopic (exact) mass is 829 g/mol. The van der Waals surface area contributed by atoms with Gasteiger partial charge in [0.25, 0.3) is 22.3 Å². The average Bonchev–Trinajstić information content (AvgIpc) is 3.74. The number of likely N-dealkylation sites (N-methyl/N-ethyl adjacent to an activating group) is 1. The first-order valence-electron chi connectivity index (χ1n) is 19.1. The Balaban J connectivity index is 0.000000165. The lowest BCUT2D eigenvalue weighted by molar-refractivity contribution is 0.685. The minimum Gasteiger partial charge on any atom is -0.380 e. The number of rotatable bonds is 9. The number of nitrogens with two attached hydrogens (primary N) is 1. The van der Waals surface area contributed by atoms with E-state index in [0.717, 1.165) is 44.5 Å². The Bertz CT molecular complexity index is 2370. The molecular weight excluding hydrogens is 787 g/mol. The number of nitrogens with one attached hydrogen (secondary N) is 2. The molecule has 296 valence electrons. The summed E-state index contributed by atoms with van der Waals surface area (Å²) < 4.78 is 39.2. The molecule has 4 N–H and O–H groups in total. The Kier molecular flexibility index (Phi) is 12.2. The molecule has 5 aromatic rings. The summed E-state index contributed by atoms with van der Waals surface area (Å²) >= 11 is -1.37. The van der Waals surface area contributed by atoms with Crippen LogP contribution in [0.15, 0.2) is 149 Å². The summed E-state index contributed by atoms with van der Waals surface area (Å²) in [5.74, 6) is 1.77. The number of aromatic nitrogens is 1. The predicted octanol–water partition coefficient (Wildman–Crippen LogP) is 6.44. The summed E-state index contributed by atoms with van der Waals surface area (Å²) in [5, 5.41) is 6.48. The van der Waals surface area contributed by atoms with Crippen molar-refractivity contribution in [3.8, 4) is 0 Å². The minimum absolute atomic E-state index is 0.216. The molecule has 0 aliphatic carbocycles. The molecule has 0 bridgehead atoms. The number of anilines is 5. The summed E-state index contributed by atoms with van der Waals surface area (Å²) in [6.45, 7) is 3.10. The van der Waals surface area contributed by atoms with Crippen molar-refractivity contribution in [2.45, 2.75) is 35.5 Å². The molecule has 0 saturated heterocycles. The first-order valence-corrected chi connectivity index (χ1v) is 22.0. The van der Waals surface area contributed by atoms with Crippen molar-refractivity contribution in [1.29, 1.82) is 0 Å². The van der Waals surface area contributed by atoms with Crippen LogP contribution in [-0.4, -0.2) is 70.0 Å². The number of pyridine rings is 1. The van der Waals surface area contributed by atoms with Crippen LogP contribution in [0.3, 0.4) is 0 Å². The van der Waals surface area contributed by atoms with Gasteiger partial charge < -0.3 is 31.1 Å². The van der Waals surface area contributed by atoms with Gasteiger partial charge in [0.2, 0.25) is 0 Å². The van der Waals surface area contributed by atoms with Crippen LogP contribution in [0.2, 0.25) is 0 Å². The summed E-state index contributed by atoms with van der Waals surface area (Å²) in [4.78, 5) is 13.2. The van der Waals surface area contributed by atoms with Crippen LogP contribution in [0.4, 0.5) is 28.4 Å². The zero-order valence-corrected chi connectivity index (χ0v) is 34.3. The maximum absolute atomic E-state index is 12.0. The minimum atomic E-state index is -1.60. The van der Waals surface area contributed by atoms with Crippen LogP contribution in [0.5, 0.6) is 0 Å². The zero-order valence-electron chi connectivity index (χ0n) is 31.9. The molecule has 0 fully saturated rings. The lowest BCUT2D eigenvalue weighted by Gasteiger charge is -2.32. The average molecular weight is 830 g/mol. The Morgan fingerprint density at radius 2 is 1.12 bits per heavy atom. The van der Waals surface area contributed by atoms with Gasteiger partial charge in [-0.05, 0) is 85.3 Å². The van der Waals surface area contributed by atoms with Gasteiger partial charge in [-0.2, -0.15) is 0 Å². The van der Waals surface area contributed by atoms with Gasteiger partial charge in [-0.1, -0.05) is 72.4 Å². The maximum Gasteiger partial charge on any atom is 0.269 e. The smallest absolute Gasteiger partial charge is 0.269 e. The molecule has 5 heterocycles. The normalized spacial score (nSPS) is 17.5. The molecule has 1 aromatic heterocycles. The van der Waals surface area contributed by atoms with Crippen molar-refractivity contribution in [2.75, 3.05) is 47.9 Å². The first-order chi connectivity index (χ1) is 28.4. The number of benzene rings is 4. The summed E-state index contributed by atoms with van der Waals surface area (Å²) in [6.07, 6.45) is 7.31. The van der Waals surface area contributed by atoms with Crippen molar-refractivity contribution in [3.63, 3.8) is 0 Å². The number of fused-ring (bicyclic) bond motifs is 4. The van der Waals surface area contributed by atoms with E-state index in [9.17, 15) is 8.42 Å². The van der Waals surface area contributed by atoms with Gasteiger partial charge in [0.15, 0.2) is 23.3 Å². The molecule has 2 atom stereocenters. The Labute approximate surface area is 347 Å². The fraction of sp³-hybridized carbons (Fsp3) is 0.214. The number of amidine groups is 4. The molecule has 13 nitrogen and oxygen atoms in total. The molecule has 4 aliphatic rings. The van der Waals surface area contributed by atoms with Crippen molar-refractivity contribution >= 4 is 85.9 Å². The van der Waals surface area contributed by atoms with E-state index in [1.54, 1.807) is 12.4 Å². The third-order valence-electron chi connectivity index (χ3n) is 9.96. The van der Waals surface area contributed by atoms with Crippen LogP contribution in [0.25, 0.3) is 0 Å². The Morgan fingerprint density at radius 1 is 0.638 bits per heavy atom. The predicted molar refractivity (Wildman–Crippen MR) is 239 cm³/mol. The van der Waals surface area contributed by atoms with Gasteiger partial charge >= 0.3 is 0 Å². The summed E-state index contributed by atoms with van der Waals surface area (Å²) in [6, 6.07) is 38.0. The number of hydrogen-bond donors (Lipinski definition) is 3. The molecule has 16 heteroatoms. The van der Waals surface area contributed by atoms with Gasteiger partial charge in [-0.25, -0.2) is 8.42 Å². The molecule has 0 amide bonds. The molecule has 0 saturated carbocycles. The van der Waals surface area contributed by atoms with Gasteiger partial charge in [-0.3, -0.25) is 4.98 Å². The second kappa shape index (κ2) is 18.2. The van der Waals surface area contributed by atoms with Crippen molar-refractivity contribution in [1.82, 2.24) is 15.6 Å². The highest BCUT2D eigenvalue weighted by molar-refractivity contribution is 7.99. The van der Waals surface area contributed by atoms with E-state index in [0.29, 0.717) is 30.6 Å². The van der Waals surface area contributed by atoms with Crippen molar-refractivity contribution < 1.29 is 8.42 Å². The van der Waals surface area contributed by atoms with E-state index < -0.39 is 22.3 Å². The third kappa shape index (κ3) is 8.83. The maximum atomic E-state index is 12.0. The highest BCUT2D eigenvalue weighted by atomic mass is 32.2. The number of para-hydroxylation sites is 4. The van der Waals surface area contributed by atoms with Crippen LogP contribution < -0.4 is 31.1 Å². The van der Waals surface area contributed by atoms with Gasteiger partial charge in [0.1, 0.15) is 0 Å². The topological polar surface area (TPSA) is 156 Å². The van der Waals surface area contributed by atoms with E-state index in [4.69, 9.17) is 5.73 Å². The van der Waals surface area contributed by atoms with E-state index in [2.05, 4.69) is 140 Å². The Morgan fingerprint density at radius 3 is 1.69 bits per heavy atom. The van der Waals surface area contributed by atoms with Crippen LogP contribution in [0, 0.1) is 0 Å². The lowest BCUT2D eigenvalue weighted by atomic mass is 10.0. The van der Waals surface area contributed by atoms with E-state index >= 15 is 0 Å². The van der Waals surface area contributed by atoms with Crippen molar-refractivity contribution in [2.24, 2.45) is 23.3 Å².